The molecule has 0 unspecified atom stereocenters. The lowest BCUT2D eigenvalue weighted by Crippen LogP contribution is -2.48. The molecule has 0 fully saturated rings. The van der Waals surface area contributed by atoms with E-state index in [4.69, 9.17) is 9.60 Å². The van der Waals surface area contributed by atoms with E-state index in [0.29, 0.717) is 0 Å². The summed E-state index contributed by atoms with van der Waals surface area (Å²) in [6.45, 7) is -7.34. The van der Waals surface area contributed by atoms with Crippen LogP contribution in [0.3, 0.4) is 0 Å². The number of fused-ring (bicyclic) bond motifs is 1. The van der Waals surface area contributed by atoms with Gasteiger partial charge in [0.05, 0.1) is 12.6 Å². The van der Waals surface area contributed by atoms with E-state index >= 15 is 0 Å². The molecule has 6 nitrogen and oxygen atoms in total. The summed E-state index contributed by atoms with van der Waals surface area (Å²) < 4.78 is 77.7. The van der Waals surface area contributed by atoms with Crippen LogP contribution in [0.1, 0.15) is 33.7 Å². The van der Waals surface area contributed by atoms with Crippen molar-refractivity contribution in [2.75, 3.05) is 4.72 Å². The first kappa shape index (κ1) is 5.72. The molecular weight excluding hydrogens is 244 g/mol. The Morgan fingerprint density at radius 3 is 2.88 bits per heavy atom. The molecule has 0 bridgehead atoms. The topological polar surface area (TPSA) is 86.7 Å². The van der Waals surface area contributed by atoms with Crippen molar-refractivity contribution < 1.29 is 27.9 Å². The first-order chi connectivity index (χ1) is 10.6. The van der Waals surface area contributed by atoms with Crippen molar-refractivity contribution in [2.45, 2.75) is 19.7 Å². The van der Waals surface area contributed by atoms with Crippen molar-refractivity contribution in [3.63, 3.8) is 0 Å². The van der Waals surface area contributed by atoms with E-state index in [1.165, 1.54) is 0 Å². The fourth-order valence-corrected chi connectivity index (χ4v) is 2.53. The Morgan fingerprint density at radius 1 is 1.53 bits per heavy atom. The molecule has 1 aliphatic rings. The van der Waals surface area contributed by atoms with Crippen LogP contribution in [0.25, 0.3) is 0 Å². The van der Waals surface area contributed by atoms with Gasteiger partial charge in [-0.15, -0.1) is 0 Å². The summed E-state index contributed by atoms with van der Waals surface area (Å²) in [6.07, 6.45) is 0. The van der Waals surface area contributed by atoms with E-state index in [-0.39, 0.29) is 5.69 Å². The van der Waals surface area contributed by atoms with Crippen LogP contribution in [0.5, 0.6) is 5.75 Å². The van der Waals surface area contributed by atoms with Crippen molar-refractivity contribution >= 4 is 21.8 Å². The Labute approximate surface area is 109 Å². The standard InChI is InChI=1S/C10H12N2O4S/c1-6(2)12-10(14)8-5-7(13)3-4-9(8)11-17(12,15)16/h3-6,11,13H,1-2H3/i1D3,2D3,6D. The lowest BCUT2D eigenvalue weighted by molar-refractivity contribution is 0.0833. The maximum absolute atomic E-state index is 12.5. The molecule has 2 rings (SSSR count). The number of hydrogen-bond acceptors (Lipinski definition) is 4. The van der Waals surface area contributed by atoms with E-state index < -0.39 is 51.5 Å². The SMILES string of the molecule is [2H]C([2H])([2H])C([2H])(N1C(=O)c2cc(O)ccc2NS1(=O)=O)C([2H])([2H])[2H]. The molecule has 0 atom stereocenters. The molecule has 1 aromatic carbocycles. The number of nitrogens with one attached hydrogen (secondary N) is 1. The van der Waals surface area contributed by atoms with Gasteiger partial charge in [-0.25, -0.2) is 4.31 Å². The summed E-state index contributed by atoms with van der Waals surface area (Å²) in [6, 6.07) is -0.794. The number of hydrogen-bond donors (Lipinski definition) is 2. The molecule has 1 aromatic rings. The maximum atomic E-state index is 12.5. The molecule has 0 spiro atoms. The van der Waals surface area contributed by atoms with E-state index in [1.54, 1.807) is 0 Å². The van der Waals surface area contributed by atoms with Gasteiger partial charge in [0.1, 0.15) is 5.75 Å². The Kier molecular flexibility index (Phi) is 1.22. The molecule has 0 saturated carbocycles. The Morgan fingerprint density at radius 2 is 2.24 bits per heavy atom. The van der Waals surface area contributed by atoms with Crippen LogP contribution in [0.4, 0.5) is 5.69 Å². The third-order valence-electron chi connectivity index (χ3n) is 2.10. The summed E-state index contributed by atoms with van der Waals surface area (Å²) in [4.78, 5) is 12.5. The van der Waals surface area contributed by atoms with Gasteiger partial charge < -0.3 is 5.11 Å². The summed E-state index contributed by atoms with van der Waals surface area (Å²) in [5.41, 5.74) is -0.748. The second-order valence-electron chi connectivity index (χ2n) is 3.26. The smallest absolute Gasteiger partial charge is 0.326 e. The predicted molar refractivity (Wildman–Crippen MR) is 62.0 cm³/mol. The van der Waals surface area contributed by atoms with Crippen molar-refractivity contribution in [3.8, 4) is 5.75 Å². The Bertz CT molecular complexity index is 788. The highest BCUT2D eigenvalue weighted by Gasteiger charge is 2.37. The molecule has 17 heavy (non-hydrogen) atoms. The molecule has 0 aromatic heterocycles. The number of benzene rings is 1. The Balaban J connectivity index is 2.79. The number of rotatable bonds is 1. The summed E-state index contributed by atoms with van der Waals surface area (Å²) in [5, 5.41) is 9.43. The van der Waals surface area contributed by atoms with Gasteiger partial charge in [-0.3, -0.25) is 9.52 Å². The van der Waals surface area contributed by atoms with Gasteiger partial charge in [0, 0.05) is 14.2 Å². The van der Waals surface area contributed by atoms with E-state index in [1.807, 2.05) is 4.72 Å². The minimum Gasteiger partial charge on any atom is -0.508 e. The lowest BCUT2D eigenvalue weighted by Gasteiger charge is -2.31. The summed E-state index contributed by atoms with van der Waals surface area (Å²) in [7, 11) is -4.98. The van der Waals surface area contributed by atoms with Gasteiger partial charge in [0.25, 0.3) is 5.91 Å². The van der Waals surface area contributed by atoms with Gasteiger partial charge >= 0.3 is 10.2 Å². The first-order valence-corrected chi connectivity index (χ1v) is 5.77. The minimum absolute atomic E-state index is 0.271. The van der Waals surface area contributed by atoms with E-state index in [2.05, 4.69) is 0 Å². The molecule has 0 saturated heterocycles. The van der Waals surface area contributed by atoms with E-state index in [9.17, 15) is 18.3 Å². The van der Waals surface area contributed by atoms with Crippen LogP contribution in [0.2, 0.25) is 0 Å². The van der Waals surface area contributed by atoms with Gasteiger partial charge in [-0.2, -0.15) is 8.42 Å². The zero-order valence-electron chi connectivity index (χ0n) is 15.3. The second-order valence-corrected chi connectivity index (χ2v) is 4.77. The number of carbonyl (C=O) groups excluding carboxylic acids is 1. The molecule has 1 heterocycles. The molecule has 92 valence electrons. The van der Waals surface area contributed by atoms with Gasteiger partial charge in [-0.05, 0) is 31.9 Å². The largest absolute Gasteiger partial charge is 0.508 e. The van der Waals surface area contributed by atoms with Crippen LogP contribution in [-0.4, -0.2) is 29.8 Å². The normalized spacial score (nSPS) is 26.0. The highest BCUT2D eigenvalue weighted by molar-refractivity contribution is 7.91. The highest BCUT2D eigenvalue weighted by atomic mass is 32.2. The van der Waals surface area contributed by atoms with Crippen LogP contribution in [0, 0.1) is 0 Å². The fourth-order valence-electron chi connectivity index (χ4n) is 1.42. The quantitative estimate of drug-likeness (QED) is 0.737. The molecule has 1 aliphatic heterocycles. The zero-order valence-corrected chi connectivity index (χ0v) is 9.08. The third-order valence-corrected chi connectivity index (χ3v) is 3.41. The molecular formula is C10H12N2O4S. The number of anilines is 1. The fraction of sp³-hybridized carbons (Fsp3) is 0.300. The lowest BCUT2D eigenvalue weighted by atomic mass is 10.1. The number of phenolic OH excluding ortho intramolecular Hbond substituents is 1. The number of carbonyl (C=O) groups is 1. The molecule has 2 N–H and O–H groups in total. The van der Waals surface area contributed by atoms with Gasteiger partial charge in [0.15, 0.2) is 0 Å². The highest BCUT2D eigenvalue weighted by Crippen LogP contribution is 2.30. The predicted octanol–water partition coefficient (Wildman–Crippen LogP) is 0.913. The first-order valence-electron chi connectivity index (χ1n) is 7.83. The zero-order chi connectivity index (χ0) is 18.7. The second kappa shape index (κ2) is 3.63. The van der Waals surface area contributed by atoms with Crippen LogP contribution < -0.4 is 4.72 Å². The van der Waals surface area contributed by atoms with Crippen LogP contribution in [-0.2, 0) is 10.2 Å². The Hall–Kier alpha value is -1.76. The average Bonchev–Trinajstić information content (AvgIpc) is 2.36. The van der Waals surface area contributed by atoms with E-state index in [0.717, 1.165) is 18.2 Å². The van der Waals surface area contributed by atoms with Crippen LogP contribution >= 0.6 is 0 Å². The summed E-state index contributed by atoms with van der Waals surface area (Å²) >= 11 is 0. The van der Waals surface area contributed by atoms with Gasteiger partial charge in [0.2, 0.25) is 0 Å². The molecule has 1 amide bonds. The van der Waals surface area contributed by atoms with Crippen LogP contribution in [0.15, 0.2) is 18.2 Å². The maximum Gasteiger partial charge on any atom is 0.326 e. The van der Waals surface area contributed by atoms with Crippen molar-refractivity contribution in [2.24, 2.45) is 0 Å². The number of phenols is 1. The average molecular weight is 263 g/mol. The van der Waals surface area contributed by atoms with Gasteiger partial charge in [-0.1, -0.05) is 0 Å². The van der Waals surface area contributed by atoms with Crippen molar-refractivity contribution in [3.05, 3.63) is 23.8 Å². The summed E-state index contributed by atoms with van der Waals surface area (Å²) in [5.74, 6) is -1.97. The number of nitrogens with zero attached hydrogens (tertiary/aromatic N) is 1. The molecule has 7 heteroatoms. The molecule has 0 radical (unpaired) electrons. The van der Waals surface area contributed by atoms with Crippen molar-refractivity contribution in [1.82, 2.24) is 4.31 Å². The number of aromatic hydroxyl groups is 1. The molecule has 0 aliphatic carbocycles. The number of amides is 1. The monoisotopic (exact) mass is 263 g/mol. The van der Waals surface area contributed by atoms with Crippen molar-refractivity contribution in [1.29, 1.82) is 0 Å². The minimum atomic E-state index is -4.98. The third kappa shape index (κ3) is 1.82.